The molecule has 1 saturated carbocycles. The third-order valence-corrected chi connectivity index (χ3v) is 3.79. The van der Waals surface area contributed by atoms with Gasteiger partial charge in [-0.1, -0.05) is 23.7 Å². The molecule has 2 aromatic rings. The topological polar surface area (TPSA) is 84.7 Å². The molecule has 5 nitrogen and oxygen atoms in total. The predicted molar refractivity (Wildman–Crippen MR) is 74.3 cm³/mol. The van der Waals surface area contributed by atoms with Gasteiger partial charge in [0.15, 0.2) is 0 Å². The standard InChI is InChI=1S/C14H11ClN4O/c15-10-3-1-8(2-4-10)11-5-12(11)14(20)19-13(17)9(6-16)7-18-19/h1-4,7,11-12H,5,17H2/t11-,12-/m1/s1. The summed E-state index contributed by atoms with van der Waals surface area (Å²) in [6, 6.07) is 9.38. The number of carbonyl (C=O) groups is 1. The van der Waals surface area contributed by atoms with E-state index in [9.17, 15) is 4.79 Å². The summed E-state index contributed by atoms with van der Waals surface area (Å²) < 4.78 is 1.12. The van der Waals surface area contributed by atoms with Crippen LogP contribution in [0, 0.1) is 17.2 Å². The third-order valence-electron chi connectivity index (χ3n) is 3.54. The van der Waals surface area contributed by atoms with Crippen molar-refractivity contribution in [3.8, 4) is 6.07 Å². The minimum atomic E-state index is -0.163. The highest BCUT2D eigenvalue weighted by molar-refractivity contribution is 6.30. The van der Waals surface area contributed by atoms with Crippen LogP contribution in [0.2, 0.25) is 5.02 Å². The summed E-state index contributed by atoms with van der Waals surface area (Å²) in [5, 5.41) is 13.4. The second kappa shape index (κ2) is 4.66. The first-order valence-electron chi connectivity index (χ1n) is 6.15. The molecule has 0 unspecified atom stereocenters. The van der Waals surface area contributed by atoms with Crippen molar-refractivity contribution in [2.24, 2.45) is 5.92 Å². The number of carbonyl (C=O) groups excluding carboxylic acids is 1. The lowest BCUT2D eigenvalue weighted by Gasteiger charge is -2.03. The molecule has 1 aliphatic rings. The van der Waals surface area contributed by atoms with Gasteiger partial charge in [0.25, 0.3) is 5.91 Å². The summed E-state index contributed by atoms with van der Waals surface area (Å²) in [4.78, 5) is 12.3. The Hall–Kier alpha value is -2.32. The van der Waals surface area contributed by atoms with Gasteiger partial charge in [0, 0.05) is 10.9 Å². The van der Waals surface area contributed by atoms with Crippen LogP contribution in [0.1, 0.15) is 28.3 Å². The molecule has 1 aromatic carbocycles. The summed E-state index contributed by atoms with van der Waals surface area (Å²) in [5.74, 6) is -0.0120. The van der Waals surface area contributed by atoms with Crippen molar-refractivity contribution in [1.82, 2.24) is 9.78 Å². The van der Waals surface area contributed by atoms with Gasteiger partial charge in [-0.25, -0.2) is 0 Å². The molecule has 3 rings (SSSR count). The highest BCUT2D eigenvalue weighted by atomic mass is 35.5. The Morgan fingerprint density at radius 3 is 2.75 bits per heavy atom. The van der Waals surface area contributed by atoms with E-state index in [0.717, 1.165) is 16.7 Å². The monoisotopic (exact) mass is 286 g/mol. The number of nitrogens with two attached hydrogens (primary N) is 1. The van der Waals surface area contributed by atoms with E-state index in [0.29, 0.717) is 5.02 Å². The largest absolute Gasteiger partial charge is 0.382 e. The molecule has 0 bridgehead atoms. The van der Waals surface area contributed by atoms with Gasteiger partial charge in [-0.05, 0) is 30.0 Å². The van der Waals surface area contributed by atoms with E-state index in [4.69, 9.17) is 22.6 Å². The van der Waals surface area contributed by atoms with Crippen LogP contribution in [0.4, 0.5) is 5.82 Å². The molecule has 1 aromatic heterocycles. The quantitative estimate of drug-likeness (QED) is 0.919. The summed E-state index contributed by atoms with van der Waals surface area (Å²) in [6.45, 7) is 0. The van der Waals surface area contributed by atoms with E-state index in [1.807, 2.05) is 30.3 Å². The van der Waals surface area contributed by atoms with Gasteiger partial charge in [0.2, 0.25) is 0 Å². The molecule has 0 amide bonds. The van der Waals surface area contributed by atoms with Gasteiger partial charge < -0.3 is 5.73 Å². The maximum Gasteiger partial charge on any atom is 0.252 e. The molecule has 2 atom stereocenters. The molecule has 2 N–H and O–H groups in total. The van der Waals surface area contributed by atoms with Crippen molar-refractivity contribution < 1.29 is 4.79 Å². The number of nitrogen functional groups attached to an aromatic ring is 1. The molecule has 1 fully saturated rings. The van der Waals surface area contributed by atoms with Crippen molar-refractivity contribution in [2.45, 2.75) is 12.3 Å². The van der Waals surface area contributed by atoms with Crippen LogP contribution in [0.25, 0.3) is 0 Å². The van der Waals surface area contributed by atoms with E-state index >= 15 is 0 Å². The molecule has 20 heavy (non-hydrogen) atoms. The predicted octanol–water partition coefficient (Wildman–Crippen LogP) is 2.43. The SMILES string of the molecule is N#Cc1cnn(C(=O)[C@@H]2C[C@@H]2c2ccc(Cl)cc2)c1N. The van der Waals surface area contributed by atoms with Crippen LogP contribution in [0.5, 0.6) is 0 Å². The van der Waals surface area contributed by atoms with Gasteiger partial charge in [-0.15, -0.1) is 0 Å². The second-order valence-corrected chi connectivity index (χ2v) is 5.24. The average molecular weight is 287 g/mol. The molecular weight excluding hydrogens is 276 g/mol. The van der Waals surface area contributed by atoms with Crippen molar-refractivity contribution in [3.63, 3.8) is 0 Å². The van der Waals surface area contributed by atoms with Crippen LogP contribution in [-0.4, -0.2) is 15.7 Å². The molecule has 100 valence electrons. The minimum absolute atomic E-state index is 0.110. The van der Waals surface area contributed by atoms with Crippen LogP contribution in [0.3, 0.4) is 0 Å². The number of nitriles is 1. The number of hydrogen-bond donors (Lipinski definition) is 1. The zero-order valence-corrected chi connectivity index (χ0v) is 11.2. The third kappa shape index (κ3) is 2.04. The number of anilines is 1. The maximum absolute atomic E-state index is 12.3. The Morgan fingerprint density at radius 2 is 2.15 bits per heavy atom. The molecule has 6 heteroatoms. The van der Waals surface area contributed by atoms with E-state index in [1.165, 1.54) is 6.20 Å². The Labute approximate surface area is 120 Å². The fourth-order valence-corrected chi connectivity index (χ4v) is 2.45. The van der Waals surface area contributed by atoms with E-state index in [2.05, 4.69) is 5.10 Å². The lowest BCUT2D eigenvalue weighted by molar-refractivity contribution is 0.0870. The van der Waals surface area contributed by atoms with Crippen LogP contribution < -0.4 is 5.73 Å². The number of nitrogens with zero attached hydrogens (tertiary/aromatic N) is 3. The number of benzene rings is 1. The summed E-state index contributed by atoms with van der Waals surface area (Å²) >= 11 is 5.84. The highest BCUT2D eigenvalue weighted by Crippen LogP contribution is 2.48. The van der Waals surface area contributed by atoms with Crippen LogP contribution >= 0.6 is 11.6 Å². The zero-order valence-electron chi connectivity index (χ0n) is 10.5. The molecule has 0 spiro atoms. The van der Waals surface area contributed by atoms with Gasteiger partial charge in [-0.3, -0.25) is 4.79 Å². The molecule has 1 aliphatic carbocycles. The van der Waals surface area contributed by atoms with Gasteiger partial charge >= 0.3 is 0 Å². The Bertz CT molecular complexity index is 714. The Balaban J connectivity index is 1.79. The number of halogens is 1. The van der Waals surface area contributed by atoms with Gasteiger partial charge in [-0.2, -0.15) is 15.0 Å². The Morgan fingerprint density at radius 1 is 1.45 bits per heavy atom. The molecular formula is C14H11ClN4O. The minimum Gasteiger partial charge on any atom is -0.382 e. The second-order valence-electron chi connectivity index (χ2n) is 4.81. The zero-order chi connectivity index (χ0) is 14.3. The summed E-state index contributed by atoms with van der Waals surface area (Å²) in [6.07, 6.45) is 2.08. The summed E-state index contributed by atoms with van der Waals surface area (Å²) in [7, 11) is 0. The Kier molecular flexibility index (Phi) is 2.96. The van der Waals surface area contributed by atoms with Crippen LogP contribution in [-0.2, 0) is 0 Å². The van der Waals surface area contributed by atoms with E-state index in [1.54, 1.807) is 0 Å². The van der Waals surface area contributed by atoms with E-state index < -0.39 is 0 Å². The van der Waals surface area contributed by atoms with E-state index in [-0.39, 0.29) is 29.1 Å². The maximum atomic E-state index is 12.3. The first kappa shape index (κ1) is 12.7. The first-order chi connectivity index (χ1) is 9.61. The molecule has 0 saturated heterocycles. The first-order valence-corrected chi connectivity index (χ1v) is 6.53. The lowest BCUT2D eigenvalue weighted by Crippen LogP contribution is -2.17. The number of rotatable bonds is 2. The van der Waals surface area contributed by atoms with Crippen molar-refractivity contribution in [3.05, 3.63) is 46.6 Å². The van der Waals surface area contributed by atoms with Crippen molar-refractivity contribution >= 4 is 23.3 Å². The van der Waals surface area contributed by atoms with Crippen molar-refractivity contribution in [2.75, 3.05) is 5.73 Å². The molecule has 0 radical (unpaired) electrons. The van der Waals surface area contributed by atoms with Gasteiger partial charge in [0.05, 0.1) is 6.20 Å². The molecule has 0 aliphatic heterocycles. The van der Waals surface area contributed by atoms with Gasteiger partial charge in [0.1, 0.15) is 17.5 Å². The highest BCUT2D eigenvalue weighted by Gasteiger charge is 2.45. The lowest BCUT2D eigenvalue weighted by atomic mass is 10.1. The normalized spacial score (nSPS) is 20.4. The number of aromatic nitrogens is 2. The number of hydrogen-bond acceptors (Lipinski definition) is 4. The van der Waals surface area contributed by atoms with Crippen LogP contribution in [0.15, 0.2) is 30.5 Å². The van der Waals surface area contributed by atoms with Crippen molar-refractivity contribution in [1.29, 1.82) is 5.26 Å². The summed E-state index contributed by atoms with van der Waals surface area (Å²) in [5.41, 5.74) is 7.03. The average Bonchev–Trinajstić information content (AvgIpc) is 3.16. The molecule has 1 heterocycles. The smallest absolute Gasteiger partial charge is 0.252 e. The fraction of sp³-hybridized carbons (Fsp3) is 0.214. The fourth-order valence-electron chi connectivity index (χ4n) is 2.32.